The van der Waals surface area contributed by atoms with Crippen LogP contribution in [-0.4, -0.2) is 23.1 Å². The summed E-state index contributed by atoms with van der Waals surface area (Å²) >= 11 is 1.43. The fraction of sp³-hybridized carbons (Fsp3) is 0.250. The monoisotopic (exact) mass is 317 g/mol. The molecule has 114 valence electrons. The van der Waals surface area contributed by atoms with Crippen molar-refractivity contribution in [1.82, 2.24) is 5.32 Å². The molecule has 6 heteroatoms. The topological polar surface area (TPSA) is 75.6 Å². The van der Waals surface area contributed by atoms with E-state index in [4.69, 9.17) is 9.84 Å². The Kier molecular flexibility index (Phi) is 4.11. The van der Waals surface area contributed by atoms with E-state index in [1.165, 1.54) is 11.3 Å². The minimum absolute atomic E-state index is 0.147. The smallest absolute Gasteiger partial charge is 0.305 e. The lowest BCUT2D eigenvalue weighted by atomic mass is 10.1. The van der Waals surface area contributed by atoms with Gasteiger partial charge in [0.2, 0.25) is 0 Å². The van der Waals surface area contributed by atoms with E-state index in [0.717, 1.165) is 10.4 Å². The Bertz CT molecular complexity index is 658. The van der Waals surface area contributed by atoms with Crippen molar-refractivity contribution in [3.05, 3.63) is 52.2 Å². The highest BCUT2D eigenvalue weighted by Gasteiger charge is 2.31. The van der Waals surface area contributed by atoms with E-state index >= 15 is 0 Å². The highest BCUT2D eigenvalue weighted by molar-refractivity contribution is 7.10. The van der Waals surface area contributed by atoms with Crippen molar-refractivity contribution in [3.8, 4) is 5.75 Å². The summed E-state index contributed by atoms with van der Waals surface area (Å²) in [7, 11) is 0. The molecule has 2 N–H and O–H groups in total. The van der Waals surface area contributed by atoms with Gasteiger partial charge in [-0.25, -0.2) is 0 Å². The Balaban J connectivity index is 1.69. The van der Waals surface area contributed by atoms with Crippen LogP contribution < -0.4 is 10.1 Å². The average molecular weight is 317 g/mol. The predicted octanol–water partition coefficient (Wildman–Crippen LogP) is 2.38. The van der Waals surface area contributed by atoms with E-state index in [1.54, 1.807) is 0 Å². The van der Waals surface area contributed by atoms with Gasteiger partial charge in [-0.05, 0) is 23.1 Å². The first-order valence-electron chi connectivity index (χ1n) is 6.93. The first kappa shape index (κ1) is 14.6. The number of para-hydroxylation sites is 1. The molecule has 1 aliphatic rings. The van der Waals surface area contributed by atoms with Gasteiger partial charge in [-0.3, -0.25) is 9.59 Å². The van der Waals surface area contributed by atoms with Crippen LogP contribution in [0.25, 0.3) is 0 Å². The molecule has 1 aromatic heterocycles. The van der Waals surface area contributed by atoms with Crippen molar-refractivity contribution in [2.75, 3.05) is 0 Å². The van der Waals surface area contributed by atoms with Gasteiger partial charge in [0.25, 0.3) is 5.91 Å². The molecule has 0 aliphatic carbocycles. The lowest BCUT2D eigenvalue weighted by Crippen LogP contribution is -2.40. The van der Waals surface area contributed by atoms with Crippen molar-refractivity contribution in [3.63, 3.8) is 0 Å². The number of carbonyl (C=O) groups excluding carboxylic acids is 1. The summed E-state index contributed by atoms with van der Waals surface area (Å²) in [5.74, 6) is -0.515. The molecule has 0 bridgehead atoms. The molecular weight excluding hydrogens is 302 g/mol. The van der Waals surface area contributed by atoms with Gasteiger partial charge >= 0.3 is 5.97 Å². The minimum Gasteiger partial charge on any atom is -0.481 e. The molecule has 0 saturated heterocycles. The number of fused-ring (bicyclic) bond motifs is 1. The fourth-order valence-electron chi connectivity index (χ4n) is 2.48. The molecule has 5 nitrogen and oxygen atoms in total. The Labute approximate surface area is 131 Å². The zero-order valence-corrected chi connectivity index (χ0v) is 12.5. The van der Waals surface area contributed by atoms with Crippen LogP contribution in [0.1, 0.15) is 22.9 Å². The van der Waals surface area contributed by atoms with E-state index in [-0.39, 0.29) is 12.3 Å². The number of nitrogens with one attached hydrogen (secondary N) is 1. The molecule has 0 fully saturated rings. The maximum absolute atomic E-state index is 12.4. The molecule has 2 aromatic rings. The van der Waals surface area contributed by atoms with Crippen LogP contribution in [0.3, 0.4) is 0 Å². The van der Waals surface area contributed by atoms with E-state index in [0.29, 0.717) is 12.2 Å². The van der Waals surface area contributed by atoms with Gasteiger partial charge in [0.15, 0.2) is 6.10 Å². The van der Waals surface area contributed by atoms with Gasteiger partial charge in [0, 0.05) is 11.3 Å². The normalized spacial score (nSPS) is 17.4. The number of carboxylic acid groups (broad SMARTS) is 1. The second-order valence-electron chi connectivity index (χ2n) is 5.09. The Hall–Kier alpha value is -2.34. The first-order valence-corrected chi connectivity index (χ1v) is 7.81. The van der Waals surface area contributed by atoms with Gasteiger partial charge in [-0.2, -0.15) is 0 Å². The predicted molar refractivity (Wildman–Crippen MR) is 82.0 cm³/mol. The fourth-order valence-corrected chi connectivity index (χ4v) is 3.26. The van der Waals surface area contributed by atoms with Gasteiger partial charge in [0.1, 0.15) is 5.75 Å². The zero-order valence-electron chi connectivity index (χ0n) is 11.7. The number of carboxylic acids is 1. The largest absolute Gasteiger partial charge is 0.481 e. The molecule has 1 aliphatic heterocycles. The van der Waals surface area contributed by atoms with Crippen LogP contribution >= 0.6 is 11.3 Å². The second kappa shape index (κ2) is 6.19. The van der Waals surface area contributed by atoms with Crippen molar-refractivity contribution in [1.29, 1.82) is 0 Å². The molecule has 1 aromatic carbocycles. The molecule has 2 heterocycles. The van der Waals surface area contributed by atoms with E-state index in [9.17, 15) is 9.59 Å². The van der Waals surface area contributed by atoms with Crippen LogP contribution in [0.5, 0.6) is 5.75 Å². The van der Waals surface area contributed by atoms with Gasteiger partial charge in [-0.1, -0.05) is 24.3 Å². The van der Waals surface area contributed by atoms with Gasteiger partial charge in [0.05, 0.1) is 12.5 Å². The van der Waals surface area contributed by atoms with E-state index in [2.05, 4.69) is 5.32 Å². The number of aliphatic carboxylic acids is 1. The lowest BCUT2D eigenvalue weighted by molar-refractivity contribution is -0.138. The second-order valence-corrected chi connectivity index (χ2v) is 6.07. The number of hydrogen-bond donors (Lipinski definition) is 2. The lowest BCUT2D eigenvalue weighted by Gasteiger charge is -2.18. The average Bonchev–Trinajstić information content (AvgIpc) is 3.15. The third-order valence-corrected chi connectivity index (χ3v) is 4.51. The molecule has 0 unspecified atom stereocenters. The van der Waals surface area contributed by atoms with Crippen molar-refractivity contribution in [2.24, 2.45) is 0 Å². The molecule has 0 radical (unpaired) electrons. The Morgan fingerprint density at radius 1 is 1.32 bits per heavy atom. The summed E-state index contributed by atoms with van der Waals surface area (Å²) in [5.41, 5.74) is 0.994. The van der Waals surface area contributed by atoms with Gasteiger partial charge < -0.3 is 15.2 Å². The molecule has 2 atom stereocenters. The van der Waals surface area contributed by atoms with Crippen LogP contribution in [0.2, 0.25) is 0 Å². The van der Waals surface area contributed by atoms with Crippen LogP contribution in [-0.2, 0) is 16.0 Å². The first-order chi connectivity index (χ1) is 10.6. The number of amides is 1. The van der Waals surface area contributed by atoms with Crippen LogP contribution in [0.15, 0.2) is 41.8 Å². The van der Waals surface area contributed by atoms with Crippen LogP contribution in [0.4, 0.5) is 0 Å². The summed E-state index contributed by atoms with van der Waals surface area (Å²) in [5, 5.41) is 13.7. The summed E-state index contributed by atoms with van der Waals surface area (Å²) in [6, 6.07) is 10.6. The van der Waals surface area contributed by atoms with E-state index in [1.807, 2.05) is 41.8 Å². The Morgan fingerprint density at radius 2 is 2.14 bits per heavy atom. The summed E-state index contributed by atoms with van der Waals surface area (Å²) in [6.07, 6.45) is -0.244. The van der Waals surface area contributed by atoms with Crippen molar-refractivity contribution < 1.29 is 19.4 Å². The molecule has 0 saturated carbocycles. The highest BCUT2D eigenvalue weighted by Crippen LogP contribution is 2.29. The molecule has 22 heavy (non-hydrogen) atoms. The standard InChI is InChI=1S/C16H15NO4S/c18-15(19)9-11(14-6-3-7-22-14)17-16(20)13-8-10-4-1-2-5-12(10)21-13/h1-7,11,13H,8-9H2,(H,17,20)(H,18,19)/t11-,13+/m1/s1. The third-order valence-electron chi connectivity index (χ3n) is 3.52. The van der Waals surface area contributed by atoms with Crippen LogP contribution in [0, 0.1) is 0 Å². The molecular formula is C16H15NO4S. The number of carbonyl (C=O) groups is 2. The SMILES string of the molecule is O=C(O)C[C@@H](NC(=O)[C@@H]1Cc2ccccc2O1)c1cccs1. The summed E-state index contributed by atoms with van der Waals surface area (Å²) in [6.45, 7) is 0. The maximum atomic E-state index is 12.4. The Morgan fingerprint density at radius 3 is 2.82 bits per heavy atom. The molecule has 3 rings (SSSR count). The van der Waals surface area contributed by atoms with Gasteiger partial charge in [-0.15, -0.1) is 11.3 Å². The van der Waals surface area contributed by atoms with Crippen molar-refractivity contribution in [2.45, 2.75) is 25.0 Å². The van der Waals surface area contributed by atoms with Crippen molar-refractivity contribution >= 4 is 23.2 Å². The highest BCUT2D eigenvalue weighted by atomic mass is 32.1. The zero-order chi connectivity index (χ0) is 15.5. The maximum Gasteiger partial charge on any atom is 0.305 e. The quantitative estimate of drug-likeness (QED) is 0.888. The summed E-state index contributed by atoms with van der Waals surface area (Å²) in [4.78, 5) is 24.2. The van der Waals surface area contributed by atoms with E-state index < -0.39 is 18.1 Å². The number of benzene rings is 1. The number of rotatable bonds is 5. The minimum atomic E-state index is -0.950. The number of ether oxygens (including phenoxy) is 1. The number of hydrogen-bond acceptors (Lipinski definition) is 4. The number of thiophene rings is 1. The summed E-state index contributed by atoms with van der Waals surface area (Å²) < 4.78 is 5.64. The molecule has 1 amide bonds. The molecule has 0 spiro atoms. The third kappa shape index (κ3) is 3.12.